The number of para-hydroxylation sites is 1. The number of ether oxygens (including phenoxy) is 2. The summed E-state index contributed by atoms with van der Waals surface area (Å²) in [6, 6.07) is 7.90. The fraction of sp³-hybridized carbons (Fsp3) is 0.444. The lowest BCUT2D eigenvalue weighted by Gasteiger charge is -2.29. The lowest BCUT2D eigenvalue weighted by atomic mass is 10.0. The van der Waals surface area contributed by atoms with Gasteiger partial charge in [0.25, 0.3) is 5.88 Å². The number of amides is 1. The summed E-state index contributed by atoms with van der Waals surface area (Å²) in [6.45, 7) is 11.0. The lowest BCUT2D eigenvalue weighted by molar-refractivity contribution is 0.0235. The van der Waals surface area contributed by atoms with Gasteiger partial charge in [0.2, 0.25) is 0 Å². The van der Waals surface area contributed by atoms with E-state index in [4.69, 9.17) is 14.5 Å². The third-order valence-electron chi connectivity index (χ3n) is 5.85. The van der Waals surface area contributed by atoms with Crippen molar-refractivity contribution in [2.45, 2.75) is 65.0 Å². The van der Waals surface area contributed by atoms with Crippen molar-refractivity contribution in [2.75, 3.05) is 18.4 Å². The van der Waals surface area contributed by atoms with E-state index >= 15 is 0 Å². The predicted octanol–water partition coefficient (Wildman–Crippen LogP) is 5.66. The number of anilines is 1. The summed E-state index contributed by atoms with van der Waals surface area (Å²) in [5.41, 5.74) is 1.88. The molecule has 3 aromatic rings. The number of nitrogens with one attached hydrogen (secondary N) is 1. The minimum Gasteiger partial charge on any atom is -0.444 e. The van der Waals surface area contributed by atoms with E-state index in [9.17, 15) is 4.79 Å². The van der Waals surface area contributed by atoms with Gasteiger partial charge in [0, 0.05) is 31.0 Å². The molecule has 1 aliphatic rings. The fourth-order valence-electron chi connectivity index (χ4n) is 4.11. The first-order valence-electron chi connectivity index (χ1n) is 12.3. The van der Waals surface area contributed by atoms with Gasteiger partial charge in [0.1, 0.15) is 17.7 Å². The van der Waals surface area contributed by atoms with Gasteiger partial charge in [-0.2, -0.15) is 0 Å². The number of hydrogen-bond acceptors (Lipinski definition) is 8. The number of rotatable bonds is 7. The average Bonchev–Trinajstić information content (AvgIpc) is 3.32. The second-order valence-corrected chi connectivity index (χ2v) is 10.2. The molecule has 9 heteroatoms. The Labute approximate surface area is 212 Å². The van der Waals surface area contributed by atoms with Crippen molar-refractivity contribution in [1.82, 2.24) is 24.8 Å². The van der Waals surface area contributed by atoms with E-state index in [0.29, 0.717) is 30.5 Å². The van der Waals surface area contributed by atoms with Gasteiger partial charge in [-0.1, -0.05) is 32.0 Å². The zero-order chi connectivity index (χ0) is 25.7. The molecule has 1 aliphatic heterocycles. The fourth-order valence-corrected chi connectivity index (χ4v) is 4.11. The Morgan fingerprint density at radius 2 is 1.92 bits per heavy atom. The first-order valence-corrected chi connectivity index (χ1v) is 12.3. The van der Waals surface area contributed by atoms with Gasteiger partial charge < -0.3 is 19.7 Å². The van der Waals surface area contributed by atoms with Crippen molar-refractivity contribution in [3.05, 3.63) is 54.7 Å². The molecule has 4 rings (SSSR count). The van der Waals surface area contributed by atoms with Crippen LogP contribution in [0.2, 0.25) is 0 Å². The normalized spacial score (nSPS) is 15.7. The molecule has 9 nitrogen and oxygen atoms in total. The zero-order valence-corrected chi connectivity index (χ0v) is 21.6. The van der Waals surface area contributed by atoms with Crippen molar-refractivity contribution >= 4 is 11.9 Å². The summed E-state index contributed by atoms with van der Waals surface area (Å²) in [5.74, 6) is 1.86. The number of likely N-dealkylation sites (tertiary alicyclic amines) is 1. The molecule has 1 amide bonds. The number of benzene rings is 1. The van der Waals surface area contributed by atoms with E-state index < -0.39 is 5.60 Å². The first kappa shape index (κ1) is 25.3. The predicted molar refractivity (Wildman–Crippen MR) is 138 cm³/mol. The number of aromatic nitrogens is 4. The van der Waals surface area contributed by atoms with Gasteiger partial charge in [-0.25, -0.2) is 24.7 Å². The molecule has 0 saturated carbocycles. The van der Waals surface area contributed by atoms with Crippen LogP contribution in [0.15, 0.2) is 49.2 Å². The van der Waals surface area contributed by atoms with Crippen molar-refractivity contribution in [3.63, 3.8) is 0 Å². The maximum atomic E-state index is 12.7. The van der Waals surface area contributed by atoms with Crippen molar-refractivity contribution in [2.24, 2.45) is 0 Å². The molecule has 1 saturated heterocycles. The van der Waals surface area contributed by atoms with Crippen molar-refractivity contribution in [3.8, 4) is 22.9 Å². The maximum absolute atomic E-state index is 12.7. The van der Waals surface area contributed by atoms with Gasteiger partial charge in [-0.15, -0.1) is 0 Å². The largest absolute Gasteiger partial charge is 0.444 e. The van der Waals surface area contributed by atoms with E-state index in [-0.39, 0.29) is 18.1 Å². The summed E-state index contributed by atoms with van der Waals surface area (Å²) in [4.78, 5) is 32.1. The number of carbonyl (C=O) groups is 1. The van der Waals surface area contributed by atoms with Crippen LogP contribution in [0.25, 0.3) is 11.3 Å². The highest BCUT2D eigenvalue weighted by molar-refractivity contribution is 5.69. The van der Waals surface area contributed by atoms with Crippen LogP contribution in [-0.4, -0.2) is 55.7 Å². The summed E-state index contributed by atoms with van der Waals surface area (Å²) < 4.78 is 11.9. The van der Waals surface area contributed by atoms with Crippen LogP contribution < -0.4 is 10.1 Å². The number of hydrogen-bond donors (Lipinski definition) is 1. The summed E-state index contributed by atoms with van der Waals surface area (Å²) in [5, 5.41) is 3.37. The Kier molecular flexibility index (Phi) is 7.67. The van der Waals surface area contributed by atoms with Crippen LogP contribution in [-0.2, 0) is 4.74 Å². The van der Waals surface area contributed by atoms with E-state index in [1.807, 2.05) is 45.0 Å². The summed E-state index contributed by atoms with van der Waals surface area (Å²) in [7, 11) is 0. The van der Waals surface area contributed by atoms with E-state index in [1.54, 1.807) is 23.5 Å². The second-order valence-electron chi connectivity index (χ2n) is 10.2. The molecule has 1 aromatic carbocycles. The minimum absolute atomic E-state index is 0.0142. The Bertz CT molecular complexity index is 1180. The number of nitrogens with zero attached hydrogens (tertiary/aromatic N) is 5. The zero-order valence-electron chi connectivity index (χ0n) is 21.6. The molecule has 0 bridgehead atoms. The summed E-state index contributed by atoms with van der Waals surface area (Å²) >= 11 is 0. The Morgan fingerprint density at radius 3 is 2.64 bits per heavy atom. The molecule has 0 aliphatic carbocycles. The highest BCUT2D eigenvalue weighted by atomic mass is 16.6. The highest BCUT2D eigenvalue weighted by Crippen LogP contribution is 2.34. The Hall–Kier alpha value is -3.75. The third-order valence-corrected chi connectivity index (χ3v) is 5.85. The molecule has 0 unspecified atom stereocenters. The van der Waals surface area contributed by atoms with Gasteiger partial charge in [-0.3, -0.25) is 0 Å². The number of carbonyl (C=O) groups excluding carboxylic acids is 1. The van der Waals surface area contributed by atoms with E-state index in [2.05, 4.69) is 34.1 Å². The van der Waals surface area contributed by atoms with E-state index in [1.165, 1.54) is 6.33 Å². The molecule has 1 fully saturated rings. The lowest BCUT2D eigenvalue weighted by Crippen LogP contribution is -2.42. The maximum Gasteiger partial charge on any atom is 0.410 e. The molecule has 1 N–H and O–H groups in total. The van der Waals surface area contributed by atoms with Crippen molar-refractivity contribution < 1.29 is 14.3 Å². The Balaban J connectivity index is 1.59. The van der Waals surface area contributed by atoms with Gasteiger partial charge in [0.05, 0.1) is 17.9 Å². The summed E-state index contributed by atoms with van der Waals surface area (Å²) in [6.07, 6.45) is 8.03. The van der Waals surface area contributed by atoms with E-state index in [0.717, 1.165) is 29.7 Å². The molecule has 1 atom stereocenters. The van der Waals surface area contributed by atoms with Crippen molar-refractivity contribution in [1.29, 1.82) is 0 Å². The molecular formula is C27H34N6O3. The molecule has 36 heavy (non-hydrogen) atoms. The Morgan fingerprint density at radius 1 is 1.17 bits per heavy atom. The van der Waals surface area contributed by atoms with Crippen LogP contribution in [0.4, 0.5) is 10.6 Å². The SMILES string of the molecule is CC(C)c1ccccc1Oc1nc(-c2cncnc2)cnc1NC[C@@H]1CCCN1C(=O)OC(C)(C)C. The van der Waals surface area contributed by atoms with Crippen LogP contribution in [0, 0.1) is 0 Å². The molecular weight excluding hydrogens is 456 g/mol. The van der Waals surface area contributed by atoms with Gasteiger partial charge >= 0.3 is 6.09 Å². The van der Waals surface area contributed by atoms with Gasteiger partial charge in [-0.05, 0) is 51.2 Å². The smallest absolute Gasteiger partial charge is 0.410 e. The molecule has 3 heterocycles. The molecule has 2 aromatic heterocycles. The third kappa shape index (κ3) is 6.27. The van der Waals surface area contributed by atoms with Crippen LogP contribution in [0.1, 0.15) is 58.9 Å². The standard InChI is InChI=1S/C27H34N6O3/c1-18(2)21-10-6-7-11-23(21)35-25-24(31-16-22(32-25)19-13-28-17-29-14-19)30-15-20-9-8-12-33(20)26(34)36-27(3,4)5/h6-7,10-11,13-14,16-18,20H,8-9,12,15H2,1-5H3,(H,30,31)/t20-/m0/s1. The highest BCUT2D eigenvalue weighted by Gasteiger charge is 2.32. The van der Waals surface area contributed by atoms with Crippen LogP contribution in [0.3, 0.4) is 0 Å². The van der Waals surface area contributed by atoms with Gasteiger partial charge in [0.15, 0.2) is 5.82 Å². The first-order chi connectivity index (χ1) is 17.2. The molecule has 0 spiro atoms. The average molecular weight is 491 g/mol. The topological polar surface area (TPSA) is 102 Å². The van der Waals surface area contributed by atoms with Crippen LogP contribution >= 0.6 is 0 Å². The monoisotopic (exact) mass is 490 g/mol. The molecule has 190 valence electrons. The molecule has 0 radical (unpaired) electrons. The van der Waals surface area contributed by atoms with Crippen LogP contribution in [0.5, 0.6) is 11.6 Å². The second kappa shape index (κ2) is 10.9. The quantitative estimate of drug-likeness (QED) is 0.453. The minimum atomic E-state index is -0.537.